The van der Waals surface area contributed by atoms with E-state index in [1.54, 1.807) is 0 Å². The second-order valence-corrected chi connectivity index (χ2v) is 8.92. The standard InChI is InChI=1S/C21H21F2N5O4S/c1-4-33(30,31)27-13-6-8-17(32-18-7-5-12(22)9-16(18)23)14(10-13)15-11-28(3)21(29)20(19(15)24)26-25-2/h5-11,24-25,27H,4H2,1-3H3/b24-19?,26-20+. The SMILES string of the molecule is CCS(=O)(=O)Nc1ccc(Oc2ccc(F)cc2F)c(C2=CN(C)C(=O)/C(=N/NC)C2=N)c1. The zero-order chi connectivity index (χ0) is 24.3. The summed E-state index contributed by atoms with van der Waals surface area (Å²) in [6.07, 6.45) is 1.36. The highest BCUT2D eigenvalue weighted by atomic mass is 32.2. The van der Waals surface area contributed by atoms with E-state index in [-0.39, 0.29) is 45.5 Å². The number of carbonyl (C=O) groups is 1. The first kappa shape index (κ1) is 23.9. The molecule has 1 amide bonds. The Morgan fingerprint density at radius 1 is 1.15 bits per heavy atom. The van der Waals surface area contributed by atoms with Crippen LogP contribution in [0.15, 0.2) is 47.7 Å². The molecule has 33 heavy (non-hydrogen) atoms. The molecule has 2 aromatic rings. The molecule has 2 aromatic carbocycles. The number of benzene rings is 2. The number of amides is 1. The minimum Gasteiger partial charge on any atom is -0.454 e. The summed E-state index contributed by atoms with van der Waals surface area (Å²) in [5, 5.41) is 12.4. The van der Waals surface area contributed by atoms with Crippen molar-refractivity contribution in [2.75, 3.05) is 24.6 Å². The fourth-order valence-corrected chi connectivity index (χ4v) is 3.59. The van der Waals surface area contributed by atoms with E-state index in [2.05, 4.69) is 15.2 Å². The molecule has 0 spiro atoms. The van der Waals surface area contributed by atoms with Gasteiger partial charge < -0.3 is 15.1 Å². The van der Waals surface area contributed by atoms with Gasteiger partial charge in [0, 0.05) is 43.2 Å². The van der Waals surface area contributed by atoms with Crippen molar-refractivity contribution in [3.63, 3.8) is 0 Å². The van der Waals surface area contributed by atoms with Crippen molar-refractivity contribution in [2.45, 2.75) is 6.92 Å². The monoisotopic (exact) mass is 477 g/mol. The van der Waals surface area contributed by atoms with Gasteiger partial charge in [0.1, 0.15) is 11.6 Å². The molecule has 0 aliphatic carbocycles. The van der Waals surface area contributed by atoms with E-state index < -0.39 is 27.6 Å². The molecule has 3 rings (SSSR count). The number of hydrogen-bond acceptors (Lipinski definition) is 7. The van der Waals surface area contributed by atoms with Gasteiger partial charge in [-0.25, -0.2) is 17.2 Å². The Morgan fingerprint density at radius 3 is 2.48 bits per heavy atom. The lowest BCUT2D eigenvalue weighted by Gasteiger charge is -2.25. The molecule has 0 radical (unpaired) electrons. The summed E-state index contributed by atoms with van der Waals surface area (Å²) in [5.74, 6) is -2.68. The Labute approximate surface area is 189 Å². The van der Waals surface area contributed by atoms with Gasteiger partial charge in [-0.2, -0.15) is 5.10 Å². The summed E-state index contributed by atoms with van der Waals surface area (Å²) in [5.41, 5.74) is 2.55. The summed E-state index contributed by atoms with van der Waals surface area (Å²) < 4.78 is 59.6. The molecule has 0 fully saturated rings. The predicted octanol–water partition coefficient (Wildman–Crippen LogP) is 2.93. The molecular weight excluding hydrogens is 456 g/mol. The van der Waals surface area contributed by atoms with Gasteiger partial charge >= 0.3 is 0 Å². The molecule has 0 unspecified atom stereocenters. The molecule has 0 saturated carbocycles. The number of allylic oxidation sites excluding steroid dienone is 1. The number of nitrogens with one attached hydrogen (secondary N) is 3. The fraction of sp³-hybridized carbons (Fsp3) is 0.190. The summed E-state index contributed by atoms with van der Waals surface area (Å²) in [6.45, 7) is 1.47. The molecule has 0 atom stereocenters. The van der Waals surface area contributed by atoms with Crippen LogP contribution in [0.25, 0.3) is 5.57 Å². The normalized spacial score (nSPS) is 15.5. The summed E-state index contributed by atoms with van der Waals surface area (Å²) in [4.78, 5) is 13.6. The number of ether oxygens (including phenoxy) is 1. The fourth-order valence-electron chi connectivity index (χ4n) is 2.96. The molecule has 0 aromatic heterocycles. The van der Waals surface area contributed by atoms with Crippen molar-refractivity contribution < 1.29 is 26.7 Å². The summed E-state index contributed by atoms with van der Waals surface area (Å²) in [6, 6.07) is 6.96. The number of sulfonamides is 1. The van der Waals surface area contributed by atoms with Crippen LogP contribution in [-0.2, 0) is 14.8 Å². The highest BCUT2D eigenvalue weighted by Crippen LogP contribution is 2.36. The minimum atomic E-state index is -3.62. The number of hydrazone groups is 1. The van der Waals surface area contributed by atoms with Crippen LogP contribution in [0, 0.1) is 17.0 Å². The van der Waals surface area contributed by atoms with Gasteiger partial charge in [0.15, 0.2) is 17.3 Å². The highest BCUT2D eigenvalue weighted by Gasteiger charge is 2.31. The van der Waals surface area contributed by atoms with Crippen LogP contribution < -0.4 is 14.9 Å². The molecule has 1 aliphatic rings. The van der Waals surface area contributed by atoms with Gasteiger partial charge in [-0.05, 0) is 37.3 Å². The first-order valence-corrected chi connectivity index (χ1v) is 11.3. The molecular formula is C21H21F2N5O4S. The smallest absolute Gasteiger partial charge is 0.280 e. The van der Waals surface area contributed by atoms with E-state index in [1.165, 1.54) is 50.3 Å². The van der Waals surface area contributed by atoms with E-state index in [0.29, 0.717) is 6.07 Å². The molecule has 0 saturated heterocycles. The van der Waals surface area contributed by atoms with Crippen LogP contribution in [0.1, 0.15) is 12.5 Å². The quantitative estimate of drug-likeness (QED) is 0.529. The molecule has 1 aliphatic heterocycles. The predicted molar refractivity (Wildman–Crippen MR) is 121 cm³/mol. The maximum Gasteiger partial charge on any atom is 0.280 e. The van der Waals surface area contributed by atoms with Gasteiger partial charge in [-0.3, -0.25) is 14.9 Å². The molecule has 0 bridgehead atoms. The number of rotatable bonds is 7. The second-order valence-electron chi connectivity index (χ2n) is 6.91. The zero-order valence-corrected chi connectivity index (χ0v) is 18.8. The zero-order valence-electron chi connectivity index (χ0n) is 17.9. The average molecular weight is 477 g/mol. The van der Waals surface area contributed by atoms with E-state index in [4.69, 9.17) is 10.1 Å². The van der Waals surface area contributed by atoms with Crippen molar-refractivity contribution in [2.24, 2.45) is 5.10 Å². The van der Waals surface area contributed by atoms with E-state index in [1.807, 2.05) is 0 Å². The Morgan fingerprint density at radius 2 is 1.85 bits per heavy atom. The van der Waals surface area contributed by atoms with Crippen LogP contribution in [0.5, 0.6) is 11.5 Å². The molecule has 9 nitrogen and oxygen atoms in total. The molecule has 1 heterocycles. The molecule has 3 N–H and O–H groups in total. The first-order valence-electron chi connectivity index (χ1n) is 9.66. The lowest BCUT2D eigenvalue weighted by Crippen LogP contribution is -2.40. The maximum atomic E-state index is 14.2. The van der Waals surface area contributed by atoms with Crippen molar-refractivity contribution in [3.8, 4) is 11.5 Å². The van der Waals surface area contributed by atoms with Gasteiger partial charge in [0.2, 0.25) is 10.0 Å². The van der Waals surface area contributed by atoms with E-state index in [9.17, 15) is 22.0 Å². The second kappa shape index (κ2) is 9.36. The van der Waals surface area contributed by atoms with E-state index in [0.717, 1.165) is 12.1 Å². The van der Waals surface area contributed by atoms with Crippen LogP contribution >= 0.6 is 0 Å². The van der Waals surface area contributed by atoms with Crippen LogP contribution in [-0.4, -0.2) is 50.5 Å². The van der Waals surface area contributed by atoms with Crippen LogP contribution in [0.4, 0.5) is 14.5 Å². The summed E-state index contributed by atoms with van der Waals surface area (Å²) in [7, 11) is -0.688. The van der Waals surface area contributed by atoms with E-state index >= 15 is 0 Å². The number of nitrogens with zero attached hydrogens (tertiary/aromatic N) is 2. The van der Waals surface area contributed by atoms with Gasteiger partial charge in [-0.1, -0.05) is 0 Å². The molecule has 174 valence electrons. The van der Waals surface area contributed by atoms with Gasteiger partial charge in [0.25, 0.3) is 5.91 Å². The topological polar surface area (TPSA) is 124 Å². The third-order valence-corrected chi connectivity index (χ3v) is 5.92. The Balaban J connectivity index is 2.17. The molecule has 12 heteroatoms. The number of carbonyl (C=O) groups excluding carboxylic acids is 1. The Hall–Kier alpha value is -3.80. The number of anilines is 1. The minimum absolute atomic E-state index is 0.0440. The van der Waals surface area contributed by atoms with Crippen LogP contribution in [0.2, 0.25) is 0 Å². The van der Waals surface area contributed by atoms with Crippen molar-refractivity contribution in [1.29, 1.82) is 5.41 Å². The average Bonchev–Trinajstić information content (AvgIpc) is 2.76. The third kappa shape index (κ3) is 5.17. The van der Waals surface area contributed by atoms with Crippen molar-refractivity contribution in [3.05, 3.63) is 59.8 Å². The Kier molecular flexibility index (Phi) is 6.77. The Bertz CT molecular complexity index is 1290. The van der Waals surface area contributed by atoms with Gasteiger partial charge in [0.05, 0.1) is 11.5 Å². The third-order valence-electron chi connectivity index (χ3n) is 4.61. The van der Waals surface area contributed by atoms with Crippen LogP contribution in [0.3, 0.4) is 0 Å². The van der Waals surface area contributed by atoms with Crippen molar-refractivity contribution in [1.82, 2.24) is 10.3 Å². The maximum absolute atomic E-state index is 14.2. The number of hydrogen-bond donors (Lipinski definition) is 3. The largest absolute Gasteiger partial charge is 0.454 e. The first-order chi connectivity index (χ1) is 15.6. The lowest BCUT2D eigenvalue weighted by atomic mass is 9.94. The highest BCUT2D eigenvalue weighted by molar-refractivity contribution is 7.92. The van der Waals surface area contributed by atoms with Crippen molar-refractivity contribution >= 4 is 38.6 Å². The van der Waals surface area contributed by atoms with Gasteiger partial charge in [-0.15, -0.1) is 0 Å². The lowest BCUT2D eigenvalue weighted by molar-refractivity contribution is -0.120. The number of halogens is 2. The summed E-state index contributed by atoms with van der Waals surface area (Å²) >= 11 is 0.